The third-order valence-corrected chi connectivity index (χ3v) is 5.49. The molecule has 0 amide bonds. The number of aryl methyl sites for hydroxylation is 1. The van der Waals surface area contributed by atoms with Crippen LogP contribution in [0.4, 0.5) is 36.3 Å². The Balaban J connectivity index is 1.70. The molecule has 2 N–H and O–H groups in total. The lowest BCUT2D eigenvalue weighted by atomic mass is 9.96. The molecule has 1 aliphatic carbocycles. The van der Waals surface area contributed by atoms with E-state index in [0.717, 1.165) is 48.7 Å². The number of benzene rings is 2. The fourth-order valence-electron chi connectivity index (χ4n) is 3.91. The number of anilines is 4. The van der Waals surface area contributed by atoms with Gasteiger partial charge in [-0.05, 0) is 48.9 Å². The quantitative estimate of drug-likeness (QED) is 0.476. The largest absolute Gasteiger partial charge is 0.421 e. The predicted molar refractivity (Wildman–Crippen MR) is 112 cm³/mol. The molecule has 0 spiro atoms. The molecular weight excluding hydrogens is 389 g/mol. The fraction of sp³-hybridized carbons (Fsp3) is 0.304. The SMILES string of the molecule is Cc1ccccc1Nc1ncc(C(F)(F)F)c(Nc2ccccc2C2CCCC2)n1. The second-order valence-electron chi connectivity index (χ2n) is 7.59. The first-order valence-electron chi connectivity index (χ1n) is 10.0. The van der Waals surface area contributed by atoms with Crippen molar-refractivity contribution in [2.45, 2.75) is 44.7 Å². The maximum atomic E-state index is 13.6. The molecule has 156 valence electrons. The molecule has 7 heteroatoms. The normalized spacial score (nSPS) is 14.7. The summed E-state index contributed by atoms with van der Waals surface area (Å²) >= 11 is 0. The van der Waals surface area contributed by atoms with Crippen molar-refractivity contribution >= 4 is 23.1 Å². The molecular formula is C23H23F3N4. The minimum atomic E-state index is -4.56. The van der Waals surface area contributed by atoms with E-state index in [1.54, 1.807) is 0 Å². The van der Waals surface area contributed by atoms with E-state index >= 15 is 0 Å². The van der Waals surface area contributed by atoms with Crippen molar-refractivity contribution in [3.05, 3.63) is 71.4 Å². The molecule has 1 aliphatic rings. The Bertz CT molecular complexity index is 1030. The number of alkyl halides is 3. The van der Waals surface area contributed by atoms with Crippen LogP contribution in [0.2, 0.25) is 0 Å². The van der Waals surface area contributed by atoms with Gasteiger partial charge in [-0.15, -0.1) is 0 Å². The lowest BCUT2D eigenvalue weighted by Gasteiger charge is -2.19. The van der Waals surface area contributed by atoms with E-state index in [-0.39, 0.29) is 11.8 Å². The van der Waals surface area contributed by atoms with Crippen molar-refractivity contribution in [2.24, 2.45) is 0 Å². The van der Waals surface area contributed by atoms with E-state index in [1.807, 2.05) is 55.5 Å². The molecule has 1 heterocycles. The van der Waals surface area contributed by atoms with E-state index in [4.69, 9.17) is 0 Å². The van der Waals surface area contributed by atoms with Gasteiger partial charge in [-0.3, -0.25) is 0 Å². The molecule has 1 fully saturated rings. The molecule has 4 rings (SSSR count). The number of nitrogens with one attached hydrogen (secondary N) is 2. The first-order valence-corrected chi connectivity index (χ1v) is 10.0. The van der Waals surface area contributed by atoms with Crippen LogP contribution in [0, 0.1) is 6.92 Å². The van der Waals surface area contributed by atoms with Gasteiger partial charge in [-0.1, -0.05) is 49.2 Å². The zero-order valence-electron chi connectivity index (χ0n) is 16.6. The number of hydrogen-bond acceptors (Lipinski definition) is 4. The van der Waals surface area contributed by atoms with E-state index in [0.29, 0.717) is 11.6 Å². The van der Waals surface area contributed by atoms with Crippen molar-refractivity contribution in [2.75, 3.05) is 10.6 Å². The van der Waals surface area contributed by atoms with Gasteiger partial charge in [-0.2, -0.15) is 18.2 Å². The average Bonchev–Trinajstić information content (AvgIpc) is 3.24. The molecule has 4 nitrogen and oxygen atoms in total. The van der Waals surface area contributed by atoms with E-state index in [9.17, 15) is 13.2 Å². The Morgan fingerprint density at radius 3 is 2.27 bits per heavy atom. The van der Waals surface area contributed by atoms with Crippen molar-refractivity contribution < 1.29 is 13.2 Å². The molecule has 2 aromatic carbocycles. The van der Waals surface area contributed by atoms with Crippen LogP contribution >= 0.6 is 0 Å². The molecule has 0 atom stereocenters. The van der Waals surface area contributed by atoms with Crippen molar-refractivity contribution in [1.82, 2.24) is 9.97 Å². The summed E-state index contributed by atoms with van der Waals surface area (Å²) < 4.78 is 40.9. The molecule has 3 aromatic rings. The van der Waals surface area contributed by atoms with Gasteiger partial charge < -0.3 is 10.6 Å². The third-order valence-electron chi connectivity index (χ3n) is 5.49. The molecule has 0 saturated heterocycles. The molecule has 0 radical (unpaired) electrons. The second-order valence-corrected chi connectivity index (χ2v) is 7.59. The number of nitrogens with zero attached hydrogens (tertiary/aromatic N) is 2. The first kappa shape index (κ1) is 20.2. The van der Waals surface area contributed by atoms with Crippen LogP contribution < -0.4 is 10.6 Å². The van der Waals surface area contributed by atoms with Gasteiger partial charge in [0.05, 0.1) is 0 Å². The Morgan fingerprint density at radius 1 is 0.900 bits per heavy atom. The average molecular weight is 412 g/mol. The summed E-state index contributed by atoms with van der Waals surface area (Å²) in [5.41, 5.74) is 2.50. The minimum Gasteiger partial charge on any atom is -0.339 e. The molecule has 1 aromatic heterocycles. The van der Waals surface area contributed by atoms with Crippen molar-refractivity contribution in [3.63, 3.8) is 0 Å². The van der Waals surface area contributed by atoms with E-state index < -0.39 is 11.7 Å². The van der Waals surface area contributed by atoms with Gasteiger partial charge in [0.1, 0.15) is 11.4 Å². The van der Waals surface area contributed by atoms with Crippen LogP contribution in [0.25, 0.3) is 0 Å². The summed E-state index contributed by atoms with van der Waals surface area (Å²) in [7, 11) is 0. The smallest absolute Gasteiger partial charge is 0.339 e. The number of rotatable bonds is 5. The monoisotopic (exact) mass is 412 g/mol. The number of para-hydroxylation sites is 2. The van der Waals surface area contributed by atoms with Crippen LogP contribution in [0.1, 0.15) is 48.3 Å². The van der Waals surface area contributed by atoms with Crippen LogP contribution in [0.15, 0.2) is 54.7 Å². The number of halogens is 3. The molecule has 0 aliphatic heterocycles. The Kier molecular flexibility index (Phi) is 5.61. The molecule has 0 bridgehead atoms. The van der Waals surface area contributed by atoms with Gasteiger partial charge in [0.2, 0.25) is 5.95 Å². The van der Waals surface area contributed by atoms with Crippen LogP contribution in [-0.2, 0) is 6.18 Å². The maximum absolute atomic E-state index is 13.6. The number of aromatic nitrogens is 2. The van der Waals surface area contributed by atoms with Crippen LogP contribution in [0.3, 0.4) is 0 Å². The lowest BCUT2D eigenvalue weighted by Crippen LogP contribution is -2.13. The topological polar surface area (TPSA) is 49.8 Å². The summed E-state index contributed by atoms with van der Waals surface area (Å²) in [6.07, 6.45) is 0.652. The van der Waals surface area contributed by atoms with Gasteiger partial charge in [0, 0.05) is 17.6 Å². The zero-order chi connectivity index (χ0) is 21.1. The fourth-order valence-corrected chi connectivity index (χ4v) is 3.91. The van der Waals surface area contributed by atoms with Gasteiger partial charge in [-0.25, -0.2) is 4.98 Å². The summed E-state index contributed by atoms with van der Waals surface area (Å²) in [6, 6.07) is 15.0. The molecule has 30 heavy (non-hydrogen) atoms. The maximum Gasteiger partial charge on any atom is 0.421 e. The Morgan fingerprint density at radius 2 is 1.57 bits per heavy atom. The molecule has 1 saturated carbocycles. The Labute approximate surface area is 173 Å². The third kappa shape index (κ3) is 4.40. The van der Waals surface area contributed by atoms with Crippen molar-refractivity contribution in [3.8, 4) is 0 Å². The van der Waals surface area contributed by atoms with Gasteiger partial charge in [0.25, 0.3) is 0 Å². The second kappa shape index (κ2) is 8.34. The summed E-state index contributed by atoms with van der Waals surface area (Å²) in [5, 5.41) is 5.97. The highest BCUT2D eigenvalue weighted by molar-refractivity contribution is 5.66. The van der Waals surface area contributed by atoms with Gasteiger partial charge >= 0.3 is 6.18 Å². The standard InChI is InChI=1S/C23H23F3N4/c1-15-8-2-6-12-19(15)29-22-27-14-18(23(24,25)26)21(30-22)28-20-13-7-5-11-17(20)16-9-3-4-10-16/h2,5-8,11-14,16H,3-4,9-10H2,1H3,(H2,27,28,29,30). The van der Waals surface area contributed by atoms with E-state index in [1.165, 1.54) is 0 Å². The summed E-state index contributed by atoms with van der Waals surface area (Å²) in [5.74, 6) is 0.214. The van der Waals surface area contributed by atoms with Gasteiger partial charge in [0.15, 0.2) is 0 Å². The van der Waals surface area contributed by atoms with E-state index in [2.05, 4.69) is 20.6 Å². The minimum absolute atomic E-state index is 0.109. The highest BCUT2D eigenvalue weighted by Gasteiger charge is 2.35. The predicted octanol–water partition coefficient (Wildman–Crippen LogP) is 6.95. The highest BCUT2D eigenvalue weighted by Crippen LogP contribution is 2.40. The highest BCUT2D eigenvalue weighted by atomic mass is 19.4. The Hall–Kier alpha value is -3.09. The number of hydrogen-bond donors (Lipinski definition) is 2. The van der Waals surface area contributed by atoms with Crippen LogP contribution in [0.5, 0.6) is 0 Å². The zero-order valence-corrected chi connectivity index (χ0v) is 16.6. The first-order chi connectivity index (χ1) is 14.4. The molecule has 0 unspecified atom stereocenters. The summed E-state index contributed by atoms with van der Waals surface area (Å²) in [4.78, 5) is 8.09. The summed E-state index contributed by atoms with van der Waals surface area (Å²) in [6.45, 7) is 1.91. The van der Waals surface area contributed by atoms with Crippen LogP contribution in [-0.4, -0.2) is 9.97 Å². The van der Waals surface area contributed by atoms with Crippen molar-refractivity contribution in [1.29, 1.82) is 0 Å². The lowest BCUT2D eigenvalue weighted by molar-refractivity contribution is -0.137.